The number of ether oxygens (including phenoxy) is 1. The van der Waals surface area contributed by atoms with Gasteiger partial charge >= 0.3 is 6.18 Å². The largest absolute Gasteiger partial charge is 0.416 e. The molecule has 2 heterocycles. The Morgan fingerprint density at radius 1 is 1.39 bits per heavy atom. The molecule has 0 amide bonds. The van der Waals surface area contributed by atoms with Gasteiger partial charge in [0.15, 0.2) is 11.8 Å². The average Bonchev–Trinajstić information content (AvgIpc) is 3.10. The monoisotopic (exact) mass is 397 g/mol. The third-order valence-electron chi connectivity index (χ3n) is 4.22. The van der Waals surface area contributed by atoms with E-state index in [0.29, 0.717) is 49.5 Å². The molecule has 1 fully saturated rings. The van der Waals surface area contributed by atoms with Gasteiger partial charge < -0.3 is 19.5 Å². The van der Waals surface area contributed by atoms with Crippen molar-refractivity contribution in [2.45, 2.75) is 32.7 Å². The molecule has 1 saturated heterocycles. The molecule has 7 nitrogen and oxygen atoms in total. The summed E-state index contributed by atoms with van der Waals surface area (Å²) in [5, 5.41) is 6.92. The van der Waals surface area contributed by atoms with Crippen molar-refractivity contribution < 1.29 is 22.4 Å². The van der Waals surface area contributed by atoms with Gasteiger partial charge in [0.05, 0.1) is 18.7 Å². The van der Waals surface area contributed by atoms with Crippen LogP contribution in [0.2, 0.25) is 0 Å². The van der Waals surface area contributed by atoms with Crippen LogP contribution in [0.15, 0.2) is 33.8 Å². The third-order valence-corrected chi connectivity index (χ3v) is 4.22. The molecular weight excluding hydrogens is 375 g/mol. The number of halogens is 3. The number of aromatic nitrogens is 2. The SMILES string of the molecule is CCNC(=NCc1nc(C)no1)N1CCOC(c2cccc(C(F)(F)F)c2)C1. The predicted octanol–water partition coefficient (Wildman–Crippen LogP) is 2.94. The van der Waals surface area contributed by atoms with Crippen molar-refractivity contribution in [3.8, 4) is 0 Å². The summed E-state index contributed by atoms with van der Waals surface area (Å²) in [6.07, 6.45) is -4.87. The number of aliphatic imine (C=N–C) groups is 1. The van der Waals surface area contributed by atoms with Crippen LogP contribution in [0.1, 0.15) is 35.9 Å². The molecule has 10 heteroatoms. The van der Waals surface area contributed by atoms with Gasteiger partial charge in [-0.3, -0.25) is 0 Å². The number of aryl methyl sites for hydroxylation is 1. The number of guanidine groups is 1. The topological polar surface area (TPSA) is 75.8 Å². The van der Waals surface area contributed by atoms with Gasteiger partial charge in [-0.15, -0.1) is 0 Å². The van der Waals surface area contributed by atoms with Crippen molar-refractivity contribution in [3.05, 3.63) is 47.1 Å². The molecule has 1 N–H and O–H groups in total. The molecule has 0 radical (unpaired) electrons. The molecule has 3 rings (SSSR count). The summed E-state index contributed by atoms with van der Waals surface area (Å²) < 4.78 is 49.8. The van der Waals surface area contributed by atoms with Gasteiger partial charge in [0.25, 0.3) is 0 Å². The van der Waals surface area contributed by atoms with E-state index in [1.165, 1.54) is 6.07 Å². The first-order chi connectivity index (χ1) is 13.4. The molecular formula is C18H22F3N5O2. The maximum Gasteiger partial charge on any atom is 0.416 e. The smallest absolute Gasteiger partial charge is 0.370 e. The van der Waals surface area contributed by atoms with E-state index < -0.39 is 17.8 Å². The molecule has 0 spiro atoms. The highest BCUT2D eigenvalue weighted by molar-refractivity contribution is 5.80. The second-order valence-corrected chi connectivity index (χ2v) is 6.33. The van der Waals surface area contributed by atoms with Crippen LogP contribution in [-0.2, 0) is 17.5 Å². The Kier molecular flexibility index (Phi) is 6.18. The summed E-state index contributed by atoms with van der Waals surface area (Å²) in [5.74, 6) is 1.56. The van der Waals surface area contributed by atoms with Crippen LogP contribution in [0.4, 0.5) is 13.2 Å². The van der Waals surface area contributed by atoms with Gasteiger partial charge in [0, 0.05) is 13.1 Å². The predicted molar refractivity (Wildman–Crippen MR) is 95.6 cm³/mol. The van der Waals surface area contributed by atoms with E-state index in [9.17, 15) is 13.2 Å². The maximum absolute atomic E-state index is 13.0. The molecule has 1 aliphatic heterocycles. The van der Waals surface area contributed by atoms with Gasteiger partial charge in [0.1, 0.15) is 12.6 Å². The number of alkyl halides is 3. The number of morpholine rings is 1. The Bertz CT molecular complexity index is 822. The van der Waals surface area contributed by atoms with Crippen molar-refractivity contribution in [1.29, 1.82) is 0 Å². The lowest BCUT2D eigenvalue weighted by molar-refractivity contribution is -0.137. The van der Waals surface area contributed by atoms with Gasteiger partial charge in [-0.1, -0.05) is 17.3 Å². The van der Waals surface area contributed by atoms with Crippen molar-refractivity contribution in [2.24, 2.45) is 4.99 Å². The van der Waals surface area contributed by atoms with Crippen molar-refractivity contribution in [2.75, 3.05) is 26.2 Å². The standard InChI is InChI=1S/C18H22F3N5O2/c1-3-22-17(23-10-16-24-12(2)25-28-16)26-7-8-27-15(11-26)13-5-4-6-14(9-13)18(19,20)21/h4-6,9,15H,3,7-8,10-11H2,1-2H3,(H,22,23). The minimum Gasteiger partial charge on any atom is -0.370 e. The first kappa shape index (κ1) is 20.1. The van der Waals surface area contributed by atoms with Crippen LogP contribution in [0.25, 0.3) is 0 Å². The summed E-state index contributed by atoms with van der Waals surface area (Å²) in [7, 11) is 0. The molecule has 1 atom stereocenters. The van der Waals surface area contributed by atoms with E-state index in [1.54, 1.807) is 13.0 Å². The molecule has 0 saturated carbocycles. The second kappa shape index (κ2) is 8.59. The normalized spacial score (nSPS) is 18.4. The summed E-state index contributed by atoms with van der Waals surface area (Å²) in [5.41, 5.74) is -0.194. The van der Waals surface area contributed by atoms with E-state index in [4.69, 9.17) is 9.26 Å². The van der Waals surface area contributed by atoms with Crippen LogP contribution in [0, 0.1) is 6.92 Å². The Morgan fingerprint density at radius 2 is 2.21 bits per heavy atom. The minimum absolute atomic E-state index is 0.217. The van der Waals surface area contributed by atoms with Gasteiger partial charge in [-0.05, 0) is 31.5 Å². The lowest BCUT2D eigenvalue weighted by atomic mass is 10.0. The minimum atomic E-state index is -4.39. The number of nitrogens with zero attached hydrogens (tertiary/aromatic N) is 4. The fourth-order valence-electron chi connectivity index (χ4n) is 2.93. The van der Waals surface area contributed by atoms with Crippen LogP contribution in [-0.4, -0.2) is 47.2 Å². The first-order valence-corrected chi connectivity index (χ1v) is 8.98. The number of hydrogen-bond acceptors (Lipinski definition) is 5. The fraction of sp³-hybridized carbons (Fsp3) is 0.500. The number of hydrogen-bond donors (Lipinski definition) is 1. The van der Waals surface area contributed by atoms with Gasteiger partial charge in [-0.2, -0.15) is 18.2 Å². The van der Waals surface area contributed by atoms with Crippen molar-refractivity contribution >= 4 is 5.96 Å². The third kappa shape index (κ3) is 5.00. The Hall–Kier alpha value is -2.62. The van der Waals surface area contributed by atoms with Gasteiger partial charge in [-0.25, -0.2) is 4.99 Å². The molecule has 1 unspecified atom stereocenters. The van der Waals surface area contributed by atoms with Crippen molar-refractivity contribution in [1.82, 2.24) is 20.4 Å². The quantitative estimate of drug-likeness (QED) is 0.632. The summed E-state index contributed by atoms with van der Waals surface area (Å²) in [4.78, 5) is 10.6. The summed E-state index contributed by atoms with van der Waals surface area (Å²) >= 11 is 0. The van der Waals surface area contributed by atoms with E-state index >= 15 is 0 Å². The second-order valence-electron chi connectivity index (χ2n) is 6.33. The lowest BCUT2D eigenvalue weighted by Crippen LogP contribution is -2.48. The molecule has 1 aromatic heterocycles. The molecule has 152 valence electrons. The lowest BCUT2D eigenvalue weighted by Gasteiger charge is -2.35. The zero-order valence-corrected chi connectivity index (χ0v) is 15.7. The Balaban J connectivity index is 1.74. The summed E-state index contributed by atoms with van der Waals surface area (Å²) in [6, 6.07) is 5.24. The number of rotatable bonds is 4. The van der Waals surface area contributed by atoms with Crippen LogP contribution in [0.3, 0.4) is 0 Å². The Morgan fingerprint density at radius 3 is 2.89 bits per heavy atom. The van der Waals surface area contributed by atoms with Gasteiger partial charge in [0.2, 0.25) is 5.89 Å². The Labute approximate surface area is 160 Å². The zero-order valence-electron chi connectivity index (χ0n) is 15.7. The van der Waals surface area contributed by atoms with E-state index in [1.807, 2.05) is 11.8 Å². The number of nitrogens with one attached hydrogen (secondary N) is 1. The van der Waals surface area contributed by atoms with Crippen LogP contribution >= 0.6 is 0 Å². The van der Waals surface area contributed by atoms with Crippen LogP contribution < -0.4 is 5.32 Å². The summed E-state index contributed by atoms with van der Waals surface area (Å²) in [6.45, 7) is 5.87. The first-order valence-electron chi connectivity index (χ1n) is 8.98. The molecule has 1 aromatic carbocycles. The molecule has 1 aliphatic rings. The molecule has 0 aliphatic carbocycles. The highest BCUT2D eigenvalue weighted by Gasteiger charge is 2.32. The molecule has 2 aromatic rings. The highest BCUT2D eigenvalue weighted by atomic mass is 19.4. The zero-order chi connectivity index (χ0) is 20.1. The maximum atomic E-state index is 13.0. The molecule has 28 heavy (non-hydrogen) atoms. The van der Waals surface area contributed by atoms with E-state index in [-0.39, 0.29) is 6.54 Å². The van der Waals surface area contributed by atoms with E-state index in [2.05, 4.69) is 20.4 Å². The fourth-order valence-corrected chi connectivity index (χ4v) is 2.93. The highest BCUT2D eigenvalue weighted by Crippen LogP contribution is 2.32. The van der Waals surface area contributed by atoms with E-state index in [0.717, 1.165) is 12.1 Å². The number of benzene rings is 1. The van der Waals surface area contributed by atoms with Crippen molar-refractivity contribution in [3.63, 3.8) is 0 Å². The molecule has 0 bridgehead atoms. The average molecular weight is 397 g/mol. The van der Waals surface area contributed by atoms with Crippen LogP contribution in [0.5, 0.6) is 0 Å².